The molecule has 25 heavy (non-hydrogen) atoms. The average molecular weight is 360 g/mol. The van der Waals surface area contributed by atoms with Gasteiger partial charge in [0, 0.05) is 37.8 Å². The predicted octanol–water partition coefficient (Wildman–Crippen LogP) is 2.74. The fraction of sp³-hybridized carbons (Fsp3) is 0.278. The molecule has 0 unspecified atom stereocenters. The van der Waals surface area contributed by atoms with Crippen LogP contribution in [-0.4, -0.2) is 30.4 Å². The van der Waals surface area contributed by atoms with E-state index in [0.29, 0.717) is 36.3 Å². The van der Waals surface area contributed by atoms with E-state index >= 15 is 0 Å². The van der Waals surface area contributed by atoms with Gasteiger partial charge in [-0.3, -0.25) is 9.79 Å². The number of nitrogens with one attached hydrogen (secondary N) is 3. The molecule has 0 bridgehead atoms. The van der Waals surface area contributed by atoms with Crippen LogP contribution in [0, 0.1) is 6.92 Å². The number of carbonyl (C=O) groups excluding carboxylic acids is 1. The molecule has 2 rings (SSSR count). The SMILES string of the molecule is CN=C(NCCC(=O)Nc1ccc(C)cn1)NCc1ccccc1Cl. The summed E-state index contributed by atoms with van der Waals surface area (Å²) in [7, 11) is 1.68. The van der Waals surface area contributed by atoms with Gasteiger partial charge in [0.15, 0.2) is 5.96 Å². The minimum Gasteiger partial charge on any atom is -0.356 e. The summed E-state index contributed by atoms with van der Waals surface area (Å²) in [4.78, 5) is 20.2. The molecule has 132 valence electrons. The molecule has 0 saturated heterocycles. The van der Waals surface area contributed by atoms with Crippen molar-refractivity contribution < 1.29 is 4.79 Å². The van der Waals surface area contributed by atoms with Crippen molar-refractivity contribution in [3.8, 4) is 0 Å². The van der Waals surface area contributed by atoms with Gasteiger partial charge in [-0.15, -0.1) is 0 Å². The van der Waals surface area contributed by atoms with Crippen LogP contribution < -0.4 is 16.0 Å². The van der Waals surface area contributed by atoms with Gasteiger partial charge >= 0.3 is 0 Å². The van der Waals surface area contributed by atoms with Crippen LogP contribution in [0.25, 0.3) is 0 Å². The first-order chi connectivity index (χ1) is 12.1. The normalized spacial score (nSPS) is 11.1. The van der Waals surface area contributed by atoms with Crippen LogP contribution >= 0.6 is 11.6 Å². The van der Waals surface area contributed by atoms with E-state index in [1.54, 1.807) is 19.3 Å². The van der Waals surface area contributed by atoms with E-state index in [-0.39, 0.29) is 5.91 Å². The Morgan fingerprint density at radius 3 is 2.68 bits per heavy atom. The van der Waals surface area contributed by atoms with Gasteiger partial charge in [-0.25, -0.2) is 4.98 Å². The number of pyridine rings is 1. The topological polar surface area (TPSA) is 78.4 Å². The molecule has 0 saturated carbocycles. The quantitative estimate of drug-likeness (QED) is 0.547. The van der Waals surface area contributed by atoms with Crippen LogP contribution in [-0.2, 0) is 11.3 Å². The second-order valence-electron chi connectivity index (χ2n) is 5.46. The molecular weight excluding hydrogens is 338 g/mol. The molecule has 2 aromatic rings. The minimum atomic E-state index is -0.106. The minimum absolute atomic E-state index is 0.106. The summed E-state index contributed by atoms with van der Waals surface area (Å²) in [6.07, 6.45) is 2.02. The van der Waals surface area contributed by atoms with E-state index in [4.69, 9.17) is 11.6 Å². The molecule has 3 N–H and O–H groups in total. The van der Waals surface area contributed by atoms with Crippen molar-refractivity contribution >= 4 is 29.3 Å². The van der Waals surface area contributed by atoms with E-state index in [0.717, 1.165) is 11.1 Å². The van der Waals surface area contributed by atoms with E-state index in [2.05, 4.69) is 25.9 Å². The molecule has 1 aromatic heterocycles. The van der Waals surface area contributed by atoms with E-state index in [9.17, 15) is 4.79 Å². The molecule has 0 atom stereocenters. The summed E-state index contributed by atoms with van der Waals surface area (Å²) in [6.45, 7) is 2.96. The highest BCUT2D eigenvalue weighted by Gasteiger charge is 2.05. The van der Waals surface area contributed by atoms with Gasteiger partial charge in [-0.2, -0.15) is 0 Å². The monoisotopic (exact) mass is 359 g/mol. The summed E-state index contributed by atoms with van der Waals surface area (Å²) in [5.74, 6) is 1.06. The van der Waals surface area contributed by atoms with Gasteiger partial charge in [0.25, 0.3) is 0 Å². The highest BCUT2D eigenvalue weighted by molar-refractivity contribution is 6.31. The number of anilines is 1. The van der Waals surface area contributed by atoms with Crippen LogP contribution in [0.1, 0.15) is 17.5 Å². The summed E-state index contributed by atoms with van der Waals surface area (Å²) >= 11 is 6.12. The van der Waals surface area contributed by atoms with Gasteiger partial charge in [-0.05, 0) is 30.2 Å². The van der Waals surface area contributed by atoms with Crippen LogP contribution in [0.15, 0.2) is 47.6 Å². The Morgan fingerprint density at radius 1 is 1.20 bits per heavy atom. The lowest BCUT2D eigenvalue weighted by molar-refractivity contribution is -0.116. The fourth-order valence-corrected chi connectivity index (χ4v) is 2.29. The third-order valence-corrected chi connectivity index (χ3v) is 3.82. The summed E-state index contributed by atoms with van der Waals surface area (Å²) in [6, 6.07) is 11.3. The number of carbonyl (C=O) groups is 1. The number of aromatic nitrogens is 1. The van der Waals surface area contributed by atoms with Crippen molar-refractivity contribution in [2.75, 3.05) is 18.9 Å². The number of rotatable bonds is 6. The van der Waals surface area contributed by atoms with Crippen molar-refractivity contribution in [1.82, 2.24) is 15.6 Å². The molecule has 1 amide bonds. The molecule has 1 heterocycles. The zero-order valence-electron chi connectivity index (χ0n) is 14.3. The molecule has 0 fully saturated rings. The number of guanidine groups is 1. The first kappa shape index (κ1) is 18.7. The molecule has 7 heteroatoms. The maximum absolute atomic E-state index is 11.9. The van der Waals surface area contributed by atoms with Gasteiger partial charge in [-0.1, -0.05) is 35.9 Å². The van der Waals surface area contributed by atoms with Crippen molar-refractivity contribution in [3.63, 3.8) is 0 Å². The number of benzene rings is 1. The third-order valence-electron chi connectivity index (χ3n) is 3.45. The van der Waals surface area contributed by atoms with Crippen LogP contribution in [0.4, 0.5) is 5.82 Å². The molecule has 1 aromatic carbocycles. The molecule has 0 aliphatic carbocycles. The van der Waals surface area contributed by atoms with Gasteiger partial charge in [0.2, 0.25) is 5.91 Å². The Balaban J connectivity index is 1.72. The zero-order valence-corrected chi connectivity index (χ0v) is 15.1. The fourth-order valence-electron chi connectivity index (χ4n) is 2.08. The first-order valence-corrected chi connectivity index (χ1v) is 8.36. The van der Waals surface area contributed by atoms with Crippen molar-refractivity contribution in [1.29, 1.82) is 0 Å². The number of nitrogens with zero attached hydrogens (tertiary/aromatic N) is 2. The van der Waals surface area contributed by atoms with E-state index in [1.165, 1.54) is 0 Å². The maximum atomic E-state index is 11.9. The number of hydrogen-bond acceptors (Lipinski definition) is 3. The number of aliphatic imine (C=N–C) groups is 1. The lowest BCUT2D eigenvalue weighted by atomic mass is 10.2. The molecule has 0 aliphatic rings. The molecule has 6 nitrogen and oxygen atoms in total. The first-order valence-electron chi connectivity index (χ1n) is 7.99. The van der Waals surface area contributed by atoms with Crippen molar-refractivity contribution in [2.24, 2.45) is 4.99 Å². The number of amides is 1. The van der Waals surface area contributed by atoms with Crippen LogP contribution in [0.2, 0.25) is 5.02 Å². The smallest absolute Gasteiger partial charge is 0.227 e. The van der Waals surface area contributed by atoms with Gasteiger partial charge in [0.1, 0.15) is 5.82 Å². The molecule has 0 spiro atoms. The second kappa shape index (κ2) is 9.64. The number of aryl methyl sites for hydroxylation is 1. The zero-order chi connectivity index (χ0) is 18.1. The Morgan fingerprint density at radius 2 is 2.00 bits per heavy atom. The molecule has 0 radical (unpaired) electrons. The Bertz CT molecular complexity index is 731. The van der Waals surface area contributed by atoms with Gasteiger partial charge < -0.3 is 16.0 Å². The third kappa shape index (κ3) is 6.43. The Labute approximate surface area is 152 Å². The highest BCUT2D eigenvalue weighted by atomic mass is 35.5. The lowest BCUT2D eigenvalue weighted by Crippen LogP contribution is -2.38. The largest absolute Gasteiger partial charge is 0.356 e. The molecular formula is C18H22ClN5O. The van der Waals surface area contributed by atoms with E-state index < -0.39 is 0 Å². The maximum Gasteiger partial charge on any atom is 0.227 e. The summed E-state index contributed by atoms with van der Waals surface area (Å²) in [5, 5.41) is 9.73. The number of halogens is 1. The van der Waals surface area contributed by atoms with Crippen molar-refractivity contribution in [2.45, 2.75) is 19.9 Å². The molecule has 0 aliphatic heterocycles. The highest BCUT2D eigenvalue weighted by Crippen LogP contribution is 2.14. The van der Waals surface area contributed by atoms with E-state index in [1.807, 2.05) is 37.3 Å². The van der Waals surface area contributed by atoms with Crippen molar-refractivity contribution in [3.05, 3.63) is 58.7 Å². The van der Waals surface area contributed by atoms with Gasteiger partial charge in [0.05, 0.1) is 0 Å². The summed E-state index contributed by atoms with van der Waals surface area (Å²) < 4.78 is 0. The lowest BCUT2D eigenvalue weighted by Gasteiger charge is -2.12. The second-order valence-corrected chi connectivity index (χ2v) is 5.87. The van der Waals surface area contributed by atoms with Crippen LogP contribution in [0.3, 0.4) is 0 Å². The standard InChI is InChI=1S/C18H22ClN5O/c1-13-7-8-16(22-11-13)24-17(25)9-10-21-18(20-2)23-12-14-5-3-4-6-15(14)19/h3-8,11H,9-10,12H2,1-2H3,(H2,20,21,23)(H,22,24,25). The summed E-state index contributed by atoms with van der Waals surface area (Å²) in [5.41, 5.74) is 2.03. The Hall–Kier alpha value is -2.60. The number of hydrogen-bond donors (Lipinski definition) is 3. The van der Waals surface area contributed by atoms with Crippen LogP contribution in [0.5, 0.6) is 0 Å². The average Bonchev–Trinajstić information content (AvgIpc) is 2.61. The predicted molar refractivity (Wildman–Crippen MR) is 102 cm³/mol. The Kier molecular flexibility index (Phi) is 7.22.